The largest absolute Gasteiger partial charge is 0.487 e. The molecule has 3 atom stereocenters. The Morgan fingerprint density at radius 1 is 1.09 bits per heavy atom. The molecule has 4 aromatic rings. The molecule has 0 amide bonds. The zero-order valence-corrected chi connectivity index (χ0v) is 26.8. The maximum Gasteiger partial charge on any atom is 0.179 e. The molecule has 0 spiro atoms. The number of aromatic nitrogens is 2. The highest BCUT2D eigenvalue weighted by molar-refractivity contribution is 7.92. The fraction of sp³-hybridized carbons (Fsp3) is 0.333. The van der Waals surface area contributed by atoms with Crippen molar-refractivity contribution in [2.75, 3.05) is 5.32 Å². The maximum absolute atomic E-state index is 15.9. The van der Waals surface area contributed by atoms with Crippen LogP contribution < -0.4 is 10.1 Å². The number of fused-ring (bicyclic) bond motifs is 1. The third kappa shape index (κ3) is 6.75. The summed E-state index contributed by atoms with van der Waals surface area (Å²) >= 11 is 6.50. The highest BCUT2D eigenvalue weighted by atomic mass is 35.5. The van der Waals surface area contributed by atoms with Gasteiger partial charge in [-0.3, -0.25) is 0 Å². The molecule has 12 heteroatoms. The van der Waals surface area contributed by atoms with Crippen LogP contribution >= 0.6 is 11.6 Å². The highest BCUT2D eigenvalue weighted by Crippen LogP contribution is 2.44. The molecule has 1 aliphatic rings. The lowest BCUT2D eigenvalue weighted by molar-refractivity contribution is -0.117. The Morgan fingerprint density at radius 2 is 1.89 bits per heavy atom. The van der Waals surface area contributed by atoms with Crippen molar-refractivity contribution in [1.29, 1.82) is 0 Å². The normalized spacial score (nSPS) is 17.8. The number of benzene rings is 3. The molecule has 0 saturated heterocycles. The van der Waals surface area contributed by atoms with Gasteiger partial charge in [0.1, 0.15) is 42.2 Å². The van der Waals surface area contributed by atoms with Gasteiger partial charge in [-0.2, -0.15) is 0 Å². The minimum Gasteiger partial charge on any atom is -0.487 e. The molecule has 0 saturated carbocycles. The first-order chi connectivity index (χ1) is 21.4. The summed E-state index contributed by atoms with van der Waals surface area (Å²) in [5.74, 6) is -0.123. The van der Waals surface area contributed by atoms with Crippen molar-refractivity contribution in [3.05, 3.63) is 101 Å². The van der Waals surface area contributed by atoms with Crippen molar-refractivity contribution < 1.29 is 31.4 Å². The van der Waals surface area contributed by atoms with Crippen LogP contribution in [-0.4, -0.2) is 35.2 Å². The minimum absolute atomic E-state index is 0.137. The molecule has 1 N–H and O–H groups in total. The van der Waals surface area contributed by atoms with Crippen molar-refractivity contribution >= 4 is 43.8 Å². The summed E-state index contributed by atoms with van der Waals surface area (Å²) in [7, 11) is -3.59. The number of nitrogens with one attached hydrogen (secondary N) is 1. The van der Waals surface area contributed by atoms with Crippen molar-refractivity contribution in [3.8, 4) is 5.75 Å². The topological polar surface area (TPSA) is 99.6 Å². The van der Waals surface area contributed by atoms with Gasteiger partial charge in [0.2, 0.25) is 0 Å². The molecule has 45 heavy (non-hydrogen) atoms. The number of rotatable bonds is 12. The van der Waals surface area contributed by atoms with Crippen molar-refractivity contribution in [2.45, 2.75) is 69.5 Å². The van der Waals surface area contributed by atoms with Crippen LogP contribution in [0.15, 0.2) is 73.3 Å². The zero-order valence-electron chi connectivity index (χ0n) is 25.3. The second-order valence-electron chi connectivity index (χ2n) is 11.1. The molecule has 1 aromatic heterocycles. The van der Waals surface area contributed by atoms with Gasteiger partial charge in [-0.05, 0) is 75.2 Å². The lowest BCUT2D eigenvalue weighted by atomic mass is 9.83. The Kier molecular flexibility index (Phi) is 9.62. The number of ether oxygens (including phenoxy) is 3. The van der Waals surface area contributed by atoms with Crippen LogP contribution in [0, 0.1) is 11.6 Å². The van der Waals surface area contributed by atoms with Gasteiger partial charge in [0, 0.05) is 29.1 Å². The van der Waals surface area contributed by atoms with E-state index in [0.29, 0.717) is 45.2 Å². The van der Waals surface area contributed by atoms with E-state index in [9.17, 15) is 12.8 Å². The summed E-state index contributed by atoms with van der Waals surface area (Å²) in [6.07, 6.45) is 4.41. The Hall–Kier alpha value is -3.80. The minimum atomic E-state index is -3.59. The number of hydrogen-bond donors (Lipinski definition) is 1. The van der Waals surface area contributed by atoms with E-state index < -0.39 is 38.0 Å². The summed E-state index contributed by atoms with van der Waals surface area (Å²) in [5.41, 5.74) is -0.656. The van der Waals surface area contributed by atoms with E-state index >= 15 is 4.39 Å². The first-order valence-electron chi connectivity index (χ1n) is 14.5. The van der Waals surface area contributed by atoms with Gasteiger partial charge in [-0.1, -0.05) is 30.7 Å². The van der Waals surface area contributed by atoms with E-state index in [1.165, 1.54) is 37.7 Å². The van der Waals surface area contributed by atoms with Crippen LogP contribution in [0.4, 0.5) is 20.3 Å². The Bertz CT molecular complexity index is 1830. The Labute approximate surface area is 266 Å². The molecule has 238 valence electrons. The molecule has 1 aliphatic heterocycles. The van der Waals surface area contributed by atoms with Crippen molar-refractivity contribution in [1.82, 2.24) is 9.97 Å². The molecule has 0 bridgehead atoms. The predicted octanol–water partition coefficient (Wildman–Crippen LogP) is 7.98. The molecule has 0 aliphatic carbocycles. The average molecular weight is 658 g/mol. The number of halogens is 3. The van der Waals surface area contributed by atoms with E-state index in [1.807, 2.05) is 6.92 Å². The molecular weight excluding hydrogens is 624 g/mol. The quantitative estimate of drug-likeness (QED) is 0.164. The lowest BCUT2D eigenvalue weighted by Crippen LogP contribution is -2.45. The van der Waals surface area contributed by atoms with Gasteiger partial charge in [-0.25, -0.2) is 27.2 Å². The van der Waals surface area contributed by atoms with Gasteiger partial charge in [-0.15, -0.1) is 0 Å². The SMILES string of the molecule is CCC(OC(C)S(=O)(=O)C(C)C)C1(c2cc3c(Nc4ccc(OCc5cccc(F)c5)c(Cl)c4)ncnc3cc2F)CC=CO1. The molecule has 3 aromatic carbocycles. The van der Waals surface area contributed by atoms with Gasteiger partial charge in [0.15, 0.2) is 20.9 Å². The van der Waals surface area contributed by atoms with E-state index in [2.05, 4.69) is 15.3 Å². The maximum atomic E-state index is 15.9. The average Bonchev–Trinajstić information content (AvgIpc) is 3.50. The first-order valence-corrected chi connectivity index (χ1v) is 16.5. The van der Waals surface area contributed by atoms with Gasteiger partial charge in [0.05, 0.1) is 22.1 Å². The second kappa shape index (κ2) is 13.3. The fourth-order valence-electron chi connectivity index (χ4n) is 5.34. The highest BCUT2D eigenvalue weighted by Gasteiger charge is 2.47. The third-order valence-corrected chi connectivity index (χ3v) is 10.5. The molecule has 0 radical (unpaired) electrons. The molecule has 5 rings (SSSR count). The second-order valence-corrected chi connectivity index (χ2v) is 14.3. The summed E-state index contributed by atoms with van der Waals surface area (Å²) in [5, 5.41) is 3.40. The number of nitrogens with zero attached hydrogens (tertiary/aromatic N) is 2. The predicted molar refractivity (Wildman–Crippen MR) is 170 cm³/mol. The Morgan fingerprint density at radius 3 is 2.56 bits per heavy atom. The van der Waals surface area contributed by atoms with Crippen LogP contribution in [0.5, 0.6) is 5.75 Å². The number of sulfone groups is 1. The first kappa shape index (κ1) is 32.6. The fourth-order valence-corrected chi connectivity index (χ4v) is 6.64. The molecule has 2 heterocycles. The van der Waals surface area contributed by atoms with Gasteiger partial charge in [0.25, 0.3) is 0 Å². The third-order valence-electron chi connectivity index (χ3n) is 7.82. The van der Waals surface area contributed by atoms with Gasteiger partial charge < -0.3 is 19.5 Å². The summed E-state index contributed by atoms with van der Waals surface area (Å²) in [4.78, 5) is 8.66. The molecular formula is C33H34ClF2N3O5S. The number of hydrogen-bond acceptors (Lipinski definition) is 8. The van der Waals surface area contributed by atoms with Crippen LogP contribution in [0.1, 0.15) is 51.7 Å². The van der Waals surface area contributed by atoms with Crippen molar-refractivity contribution in [3.63, 3.8) is 0 Å². The van der Waals surface area contributed by atoms with E-state index in [4.69, 9.17) is 25.8 Å². The van der Waals surface area contributed by atoms with E-state index in [1.54, 1.807) is 56.3 Å². The smallest absolute Gasteiger partial charge is 0.179 e. The van der Waals surface area contributed by atoms with Crippen LogP contribution in [0.25, 0.3) is 10.9 Å². The van der Waals surface area contributed by atoms with Crippen molar-refractivity contribution in [2.24, 2.45) is 0 Å². The molecule has 8 nitrogen and oxygen atoms in total. The lowest BCUT2D eigenvalue weighted by Gasteiger charge is -2.38. The van der Waals surface area contributed by atoms with E-state index in [0.717, 1.165) is 0 Å². The zero-order chi connectivity index (χ0) is 32.4. The molecule has 0 fully saturated rings. The summed E-state index contributed by atoms with van der Waals surface area (Å²) in [6.45, 7) is 6.66. The van der Waals surface area contributed by atoms with Crippen LogP contribution in [0.3, 0.4) is 0 Å². The van der Waals surface area contributed by atoms with E-state index in [-0.39, 0.29) is 24.4 Å². The monoisotopic (exact) mass is 657 g/mol. The van der Waals surface area contributed by atoms with Crippen LogP contribution in [-0.2, 0) is 31.5 Å². The standard InChI is InChI=1S/C33H34ClF2N3O5S/c1-5-31(44-21(4)45(40,41)20(2)3)33(12-7-13-43-33)26-16-25-29(17-28(26)36)37-19-38-32(25)39-24-10-11-30(27(34)15-24)42-18-22-8-6-9-23(35)14-22/h6-11,13-17,19-21,31H,5,12,18H2,1-4H3,(H,37,38,39). The number of anilines is 2. The summed E-state index contributed by atoms with van der Waals surface area (Å²) in [6, 6.07) is 14.1. The van der Waals surface area contributed by atoms with Crippen LogP contribution in [0.2, 0.25) is 5.02 Å². The Balaban J connectivity index is 1.45. The molecule has 3 unspecified atom stereocenters. The summed E-state index contributed by atoms with van der Waals surface area (Å²) < 4.78 is 73.1. The van der Waals surface area contributed by atoms with Gasteiger partial charge >= 0.3 is 0 Å².